The van der Waals surface area contributed by atoms with Gasteiger partial charge in [0.05, 0.1) is 18.3 Å². The highest BCUT2D eigenvalue weighted by Gasteiger charge is 2.23. The van der Waals surface area contributed by atoms with Crippen molar-refractivity contribution in [3.8, 4) is 6.07 Å². The molecule has 0 radical (unpaired) electrons. The Morgan fingerprint density at radius 3 is 2.52 bits per heavy atom. The molecular weight excluding hydrogens is 367 g/mol. The van der Waals surface area contributed by atoms with Gasteiger partial charge < -0.3 is 0 Å². The normalized spacial score (nSPS) is 12.0. The summed E-state index contributed by atoms with van der Waals surface area (Å²) in [6.07, 6.45) is 1.56. The van der Waals surface area contributed by atoms with Gasteiger partial charge in [-0.05, 0) is 29.7 Å². The summed E-state index contributed by atoms with van der Waals surface area (Å²) in [4.78, 5) is 9.30. The van der Waals surface area contributed by atoms with Crippen LogP contribution in [0.2, 0.25) is 0 Å². The van der Waals surface area contributed by atoms with Crippen molar-refractivity contribution in [2.45, 2.75) is 32.2 Å². The number of aromatic nitrogens is 5. The average molecular weight is 386 g/mol. The van der Waals surface area contributed by atoms with E-state index in [1.54, 1.807) is 16.8 Å². The van der Waals surface area contributed by atoms with Gasteiger partial charge in [0.15, 0.2) is 11.2 Å². The zero-order valence-electron chi connectivity index (χ0n) is 16.0. The van der Waals surface area contributed by atoms with Crippen molar-refractivity contribution in [3.63, 3.8) is 0 Å². The molecule has 2 aromatic heterocycles. The second kappa shape index (κ2) is 8.15. The lowest BCUT2D eigenvalue weighted by Gasteiger charge is -2.11. The molecule has 0 aliphatic heterocycles. The summed E-state index contributed by atoms with van der Waals surface area (Å²) in [5, 5.41) is 18.4. The van der Waals surface area contributed by atoms with E-state index in [9.17, 15) is 9.65 Å². The van der Waals surface area contributed by atoms with E-state index in [0.29, 0.717) is 41.2 Å². The van der Waals surface area contributed by atoms with Crippen molar-refractivity contribution in [3.05, 3.63) is 83.1 Å². The predicted molar refractivity (Wildman–Crippen MR) is 107 cm³/mol. The average Bonchev–Trinajstić information content (AvgIpc) is 3.14. The highest BCUT2D eigenvalue weighted by Crippen LogP contribution is 2.28. The summed E-state index contributed by atoms with van der Waals surface area (Å²) in [5.74, 6) is -0.383. The Morgan fingerprint density at radius 1 is 1.07 bits per heavy atom. The van der Waals surface area contributed by atoms with Crippen LogP contribution in [0.4, 0.5) is 4.39 Å². The van der Waals surface area contributed by atoms with Gasteiger partial charge in [-0.2, -0.15) is 5.26 Å². The highest BCUT2D eigenvalue weighted by atomic mass is 19.1. The lowest BCUT2D eigenvalue weighted by Crippen LogP contribution is -2.09. The van der Waals surface area contributed by atoms with Crippen molar-refractivity contribution in [1.82, 2.24) is 25.0 Å². The molecule has 0 saturated carbocycles. The molecule has 6 nitrogen and oxygen atoms in total. The van der Waals surface area contributed by atoms with Gasteiger partial charge in [0.1, 0.15) is 17.6 Å². The molecule has 4 aromatic rings. The van der Waals surface area contributed by atoms with Crippen LogP contribution < -0.4 is 0 Å². The van der Waals surface area contributed by atoms with Crippen molar-refractivity contribution >= 4 is 11.2 Å². The molecule has 0 N–H and O–H groups in total. The number of halogens is 1. The van der Waals surface area contributed by atoms with Gasteiger partial charge in [0.25, 0.3) is 0 Å². The van der Waals surface area contributed by atoms with Gasteiger partial charge in [-0.3, -0.25) is 0 Å². The fourth-order valence-electron chi connectivity index (χ4n) is 3.27. The SMILES string of the molecule is CCCc1nc([C@H](C#N)c2ccc(F)cc2)c2nnn(Cc3ccccc3)c2n1. The van der Waals surface area contributed by atoms with E-state index in [2.05, 4.69) is 33.3 Å². The van der Waals surface area contributed by atoms with Gasteiger partial charge in [-0.1, -0.05) is 54.6 Å². The first-order chi connectivity index (χ1) is 14.2. The second-order valence-corrected chi connectivity index (χ2v) is 6.79. The molecule has 0 aliphatic carbocycles. The topological polar surface area (TPSA) is 80.3 Å². The maximum Gasteiger partial charge on any atom is 0.182 e. The number of hydrogen-bond acceptors (Lipinski definition) is 5. The molecule has 4 rings (SSSR count). The second-order valence-electron chi connectivity index (χ2n) is 6.79. The molecule has 0 amide bonds. The van der Waals surface area contributed by atoms with Crippen LogP contribution in [-0.2, 0) is 13.0 Å². The third kappa shape index (κ3) is 3.83. The summed E-state index contributed by atoms with van der Waals surface area (Å²) in [6.45, 7) is 2.57. The molecule has 2 aromatic carbocycles. The summed E-state index contributed by atoms with van der Waals surface area (Å²) < 4.78 is 15.1. The first-order valence-electron chi connectivity index (χ1n) is 9.48. The third-order valence-corrected chi connectivity index (χ3v) is 4.69. The van der Waals surface area contributed by atoms with E-state index in [-0.39, 0.29) is 5.82 Å². The van der Waals surface area contributed by atoms with Crippen LogP contribution in [0.3, 0.4) is 0 Å². The van der Waals surface area contributed by atoms with Crippen LogP contribution >= 0.6 is 0 Å². The van der Waals surface area contributed by atoms with E-state index in [1.807, 2.05) is 30.3 Å². The maximum absolute atomic E-state index is 13.4. The molecule has 0 unspecified atom stereocenters. The molecule has 0 bridgehead atoms. The molecule has 0 spiro atoms. The number of aryl methyl sites for hydroxylation is 1. The molecular formula is C22H19FN6. The van der Waals surface area contributed by atoms with Crippen molar-refractivity contribution < 1.29 is 4.39 Å². The lowest BCUT2D eigenvalue weighted by atomic mass is 9.96. The van der Waals surface area contributed by atoms with Crippen LogP contribution in [0.25, 0.3) is 11.2 Å². The zero-order chi connectivity index (χ0) is 20.2. The van der Waals surface area contributed by atoms with Gasteiger partial charge in [0.2, 0.25) is 0 Å². The number of hydrogen-bond donors (Lipinski definition) is 0. The molecule has 0 aliphatic rings. The summed E-state index contributed by atoms with van der Waals surface area (Å²) >= 11 is 0. The quantitative estimate of drug-likeness (QED) is 0.500. The maximum atomic E-state index is 13.4. The fourth-order valence-corrected chi connectivity index (χ4v) is 3.27. The summed E-state index contributed by atoms with van der Waals surface area (Å²) in [6, 6.07) is 18.1. The van der Waals surface area contributed by atoms with Crippen molar-refractivity contribution in [2.75, 3.05) is 0 Å². The molecule has 2 heterocycles. The lowest BCUT2D eigenvalue weighted by molar-refractivity contribution is 0.627. The van der Waals surface area contributed by atoms with Crippen LogP contribution in [0.1, 0.15) is 41.9 Å². The number of benzene rings is 2. The fraction of sp³-hybridized carbons (Fsp3) is 0.227. The zero-order valence-corrected chi connectivity index (χ0v) is 16.0. The Morgan fingerprint density at radius 2 is 1.83 bits per heavy atom. The molecule has 29 heavy (non-hydrogen) atoms. The van der Waals surface area contributed by atoms with E-state index >= 15 is 0 Å². The predicted octanol–water partition coefficient (Wildman–Crippen LogP) is 4.02. The van der Waals surface area contributed by atoms with E-state index in [4.69, 9.17) is 0 Å². The smallest absolute Gasteiger partial charge is 0.182 e. The minimum absolute atomic E-state index is 0.348. The van der Waals surface area contributed by atoms with Crippen LogP contribution in [0, 0.1) is 17.1 Å². The molecule has 0 saturated heterocycles. The highest BCUT2D eigenvalue weighted by molar-refractivity contribution is 5.74. The Balaban J connectivity index is 1.84. The number of nitriles is 1. The Hall–Kier alpha value is -3.66. The van der Waals surface area contributed by atoms with E-state index in [0.717, 1.165) is 12.0 Å². The van der Waals surface area contributed by atoms with Gasteiger partial charge in [0, 0.05) is 6.42 Å². The summed E-state index contributed by atoms with van der Waals surface area (Å²) in [5.41, 5.74) is 3.34. The minimum Gasteiger partial charge on any atom is -0.234 e. The molecule has 7 heteroatoms. The summed E-state index contributed by atoms with van der Waals surface area (Å²) in [7, 11) is 0. The number of rotatable bonds is 6. The molecule has 144 valence electrons. The Labute approximate surface area is 167 Å². The largest absolute Gasteiger partial charge is 0.234 e. The first kappa shape index (κ1) is 18.7. The first-order valence-corrected chi connectivity index (χ1v) is 9.48. The molecule has 1 atom stereocenters. The van der Waals surface area contributed by atoms with Crippen molar-refractivity contribution in [1.29, 1.82) is 5.26 Å². The van der Waals surface area contributed by atoms with Gasteiger partial charge in [-0.15, -0.1) is 5.10 Å². The van der Waals surface area contributed by atoms with Crippen LogP contribution in [-0.4, -0.2) is 25.0 Å². The number of nitrogens with zero attached hydrogens (tertiary/aromatic N) is 6. The molecule has 0 fully saturated rings. The van der Waals surface area contributed by atoms with Gasteiger partial charge >= 0.3 is 0 Å². The van der Waals surface area contributed by atoms with Crippen LogP contribution in [0.15, 0.2) is 54.6 Å². The third-order valence-electron chi connectivity index (χ3n) is 4.69. The monoisotopic (exact) mass is 386 g/mol. The standard InChI is InChI=1S/C22H19FN6/c1-2-6-19-25-20(18(13-24)16-9-11-17(23)12-10-16)21-22(26-19)29(28-27-21)14-15-7-4-3-5-8-15/h3-5,7-12,18H,2,6,14H2,1H3/t18-/m1/s1. The van der Waals surface area contributed by atoms with Crippen molar-refractivity contribution in [2.24, 2.45) is 0 Å². The van der Waals surface area contributed by atoms with Gasteiger partial charge in [-0.25, -0.2) is 19.0 Å². The Kier molecular flexibility index (Phi) is 5.25. The van der Waals surface area contributed by atoms with E-state index < -0.39 is 5.92 Å². The Bertz CT molecular complexity index is 1160. The van der Waals surface area contributed by atoms with Crippen LogP contribution in [0.5, 0.6) is 0 Å². The number of fused-ring (bicyclic) bond motifs is 1. The van der Waals surface area contributed by atoms with E-state index in [1.165, 1.54) is 12.1 Å². The minimum atomic E-state index is -0.682.